The van der Waals surface area contributed by atoms with Gasteiger partial charge in [-0.2, -0.15) is 0 Å². The molecule has 0 spiro atoms. The maximum absolute atomic E-state index is 11.7. The number of likely N-dealkylation sites (tertiary alicyclic amines) is 1. The maximum Gasteiger partial charge on any atom is 0.319 e. The fraction of sp³-hybridized carbons (Fsp3) is 0.923. The Morgan fingerprint density at radius 1 is 1.12 bits per heavy atom. The fourth-order valence-electron chi connectivity index (χ4n) is 3.04. The Morgan fingerprint density at radius 3 is 1.88 bits per heavy atom. The van der Waals surface area contributed by atoms with E-state index in [1.54, 1.807) is 4.90 Å². The fourth-order valence-corrected chi connectivity index (χ4v) is 3.04. The zero-order chi connectivity index (χ0) is 12.3. The van der Waals surface area contributed by atoms with Gasteiger partial charge in [-0.1, -0.05) is 20.8 Å². The van der Waals surface area contributed by atoms with Gasteiger partial charge in [0.2, 0.25) is 0 Å². The Morgan fingerprint density at radius 2 is 1.53 bits per heavy atom. The molecule has 0 N–H and O–H groups in total. The molecule has 0 aromatic heterocycles. The molecule has 2 fully saturated rings. The van der Waals surface area contributed by atoms with E-state index in [4.69, 9.17) is 0 Å². The summed E-state index contributed by atoms with van der Waals surface area (Å²) in [4.78, 5) is 15.4. The van der Waals surface area contributed by atoms with Gasteiger partial charge >= 0.3 is 6.03 Å². The Labute approximate surface area is 118 Å². The number of carbonyl (C=O) groups is 1. The van der Waals surface area contributed by atoms with Crippen LogP contribution in [0, 0.1) is 17.8 Å². The van der Waals surface area contributed by atoms with E-state index in [0.717, 1.165) is 30.8 Å². The van der Waals surface area contributed by atoms with Crippen LogP contribution in [0.15, 0.2) is 0 Å². The van der Waals surface area contributed by atoms with Gasteiger partial charge < -0.3 is 9.80 Å². The molecule has 1 unspecified atom stereocenters. The molecule has 1 aliphatic heterocycles. The molecule has 4 heteroatoms. The predicted molar refractivity (Wildman–Crippen MR) is 67.4 cm³/mol. The number of hydrogen-bond acceptors (Lipinski definition) is 1. The molecule has 2 aliphatic rings. The van der Waals surface area contributed by atoms with Crippen LogP contribution in [0.1, 0.15) is 33.6 Å². The molecule has 1 radical (unpaired) electrons. The van der Waals surface area contributed by atoms with E-state index in [-0.39, 0.29) is 24.6 Å². The third kappa shape index (κ3) is 3.92. The molecular formula is C13H26N2OV. The standard InChI is InChI=1S/C11H20N2O.C2H6.V/c1-8-4-9-6-13(7-10(9)5-8)11(14)12(2)3;1-2;/h8-10H,4-7H2,1-3H3;1-2H3;/t8?,9-,10+;;. The summed E-state index contributed by atoms with van der Waals surface area (Å²) >= 11 is 0. The maximum atomic E-state index is 11.7. The van der Waals surface area contributed by atoms with E-state index in [2.05, 4.69) is 6.92 Å². The van der Waals surface area contributed by atoms with E-state index in [0.29, 0.717) is 0 Å². The van der Waals surface area contributed by atoms with Gasteiger partial charge in [0.05, 0.1) is 0 Å². The average molecular weight is 277 g/mol. The van der Waals surface area contributed by atoms with E-state index in [1.165, 1.54) is 12.8 Å². The summed E-state index contributed by atoms with van der Waals surface area (Å²) in [7, 11) is 3.66. The molecule has 17 heavy (non-hydrogen) atoms. The third-order valence-electron chi connectivity index (χ3n) is 3.64. The number of urea groups is 1. The molecule has 3 atom stereocenters. The monoisotopic (exact) mass is 277 g/mol. The van der Waals surface area contributed by atoms with E-state index >= 15 is 0 Å². The zero-order valence-corrected chi connectivity index (χ0v) is 13.2. The summed E-state index contributed by atoms with van der Waals surface area (Å²) in [6, 6.07) is 0.187. The minimum absolute atomic E-state index is 0. The summed E-state index contributed by atoms with van der Waals surface area (Å²) in [6.45, 7) is 8.31. The van der Waals surface area contributed by atoms with Crippen molar-refractivity contribution in [2.24, 2.45) is 17.8 Å². The van der Waals surface area contributed by atoms with Gasteiger partial charge in [0.25, 0.3) is 0 Å². The molecule has 1 saturated carbocycles. The second-order valence-corrected chi connectivity index (χ2v) is 5.18. The normalized spacial score (nSPS) is 29.9. The molecule has 0 bridgehead atoms. The Kier molecular flexibility index (Phi) is 7.26. The van der Waals surface area contributed by atoms with E-state index < -0.39 is 0 Å². The smallest absolute Gasteiger partial charge is 0.319 e. The molecule has 3 nitrogen and oxygen atoms in total. The van der Waals surface area contributed by atoms with Crippen molar-refractivity contribution >= 4 is 6.03 Å². The van der Waals surface area contributed by atoms with Crippen LogP contribution in [0.5, 0.6) is 0 Å². The first-order valence-corrected chi connectivity index (χ1v) is 6.54. The summed E-state index contributed by atoms with van der Waals surface area (Å²) in [5.74, 6) is 2.45. The largest absolute Gasteiger partial charge is 0.331 e. The van der Waals surface area contributed by atoms with Crippen LogP contribution in [0.3, 0.4) is 0 Å². The van der Waals surface area contributed by atoms with Crippen molar-refractivity contribution in [3.63, 3.8) is 0 Å². The zero-order valence-electron chi connectivity index (χ0n) is 11.8. The number of fused-ring (bicyclic) bond motifs is 1. The molecule has 99 valence electrons. The van der Waals surface area contributed by atoms with Crippen LogP contribution in [-0.4, -0.2) is 43.0 Å². The predicted octanol–water partition coefficient (Wildman–Crippen LogP) is 2.67. The minimum Gasteiger partial charge on any atom is -0.331 e. The van der Waals surface area contributed by atoms with Gasteiger partial charge in [0, 0.05) is 45.7 Å². The number of hydrogen-bond donors (Lipinski definition) is 0. The van der Waals surface area contributed by atoms with Gasteiger partial charge in [-0.15, -0.1) is 0 Å². The minimum atomic E-state index is 0. The van der Waals surface area contributed by atoms with Crippen molar-refractivity contribution < 1.29 is 23.4 Å². The Hall–Kier alpha value is -0.146. The summed E-state index contributed by atoms with van der Waals surface area (Å²) in [5.41, 5.74) is 0. The second kappa shape index (κ2) is 7.32. The van der Waals surface area contributed by atoms with Crippen molar-refractivity contribution in [2.75, 3.05) is 27.2 Å². The number of nitrogens with zero attached hydrogens (tertiary/aromatic N) is 2. The first-order valence-electron chi connectivity index (χ1n) is 6.54. The first kappa shape index (κ1) is 16.9. The quantitative estimate of drug-likeness (QED) is 0.668. The third-order valence-corrected chi connectivity index (χ3v) is 3.64. The second-order valence-electron chi connectivity index (χ2n) is 5.18. The average Bonchev–Trinajstić information content (AvgIpc) is 2.76. The van der Waals surface area contributed by atoms with E-state index in [9.17, 15) is 4.79 Å². The van der Waals surface area contributed by atoms with Crippen molar-refractivity contribution in [3.05, 3.63) is 0 Å². The number of amides is 2. The molecule has 1 aliphatic carbocycles. The number of carbonyl (C=O) groups excluding carboxylic acids is 1. The van der Waals surface area contributed by atoms with Crippen LogP contribution < -0.4 is 0 Å². The van der Waals surface area contributed by atoms with Gasteiger partial charge in [-0.3, -0.25) is 0 Å². The number of rotatable bonds is 0. The molecule has 2 amide bonds. The summed E-state index contributed by atoms with van der Waals surface area (Å²) < 4.78 is 0. The SMILES string of the molecule is CC.CC1C[C@@H]2CN(C(=O)N(C)C)C[C@@H]2C1.[V]. The van der Waals surface area contributed by atoms with Crippen LogP contribution in [0.2, 0.25) is 0 Å². The van der Waals surface area contributed by atoms with Crippen molar-refractivity contribution in [2.45, 2.75) is 33.6 Å². The van der Waals surface area contributed by atoms with Gasteiger partial charge in [-0.25, -0.2) is 4.79 Å². The molecule has 1 heterocycles. The van der Waals surface area contributed by atoms with Gasteiger partial charge in [0.15, 0.2) is 0 Å². The van der Waals surface area contributed by atoms with Gasteiger partial charge in [0.1, 0.15) is 0 Å². The van der Waals surface area contributed by atoms with E-state index in [1.807, 2.05) is 32.8 Å². The van der Waals surface area contributed by atoms with Gasteiger partial charge in [-0.05, 0) is 30.6 Å². The summed E-state index contributed by atoms with van der Waals surface area (Å²) in [6.07, 6.45) is 2.64. The van der Waals surface area contributed by atoms with Crippen molar-refractivity contribution in [1.82, 2.24) is 9.80 Å². The van der Waals surface area contributed by atoms with Crippen molar-refractivity contribution in [3.8, 4) is 0 Å². The molecule has 2 rings (SSSR count). The molecule has 0 aromatic carbocycles. The van der Waals surface area contributed by atoms with Crippen LogP contribution in [-0.2, 0) is 18.6 Å². The Bertz CT molecular complexity index is 232. The molecule has 0 aromatic rings. The summed E-state index contributed by atoms with van der Waals surface area (Å²) in [5, 5.41) is 0. The van der Waals surface area contributed by atoms with Crippen LogP contribution >= 0.6 is 0 Å². The van der Waals surface area contributed by atoms with Crippen LogP contribution in [0.25, 0.3) is 0 Å². The molecular weight excluding hydrogens is 251 g/mol. The first-order chi connectivity index (χ1) is 7.58. The van der Waals surface area contributed by atoms with Crippen molar-refractivity contribution in [1.29, 1.82) is 0 Å². The topological polar surface area (TPSA) is 23.6 Å². The Balaban J connectivity index is 0.000000811. The molecule has 1 saturated heterocycles. The van der Waals surface area contributed by atoms with Crippen LogP contribution in [0.4, 0.5) is 4.79 Å².